The molecule has 1 unspecified atom stereocenters. The number of rotatable bonds is 13. The number of fused-ring (bicyclic) bond motifs is 1. The zero-order valence-electron chi connectivity index (χ0n) is 30.8. The Hall–Kier alpha value is -5.18. The minimum absolute atomic E-state index is 0.0531. The highest BCUT2D eigenvalue weighted by atomic mass is 16.2. The van der Waals surface area contributed by atoms with Gasteiger partial charge in [0.2, 0.25) is 0 Å². The van der Waals surface area contributed by atoms with Crippen molar-refractivity contribution in [1.82, 2.24) is 29.4 Å². The van der Waals surface area contributed by atoms with E-state index >= 15 is 0 Å². The van der Waals surface area contributed by atoms with Gasteiger partial charge in [0.15, 0.2) is 5.69 Å². The van der Waals surface area contributed by atoms with Crippen LogP contribution in [0.5, 0.6) is 0 Å². The van der Waals surface area contributed by atoms with Crippen LogP contribution in [0.1, 0.15) is 88.1 Å². The standard InChI is InChI=1S/C42H50N6O3/c1-7-42(3,4)38(37-28-44(5)36(32-20-12-9-13-21-32)29-46(37)27-31-18-10-8-11-19-31)47(41(51)35-26-30(2)45(6)43-35)24-16-17-25-48-39(49)33-22-14-15-23-34(33)40(48)50/h8-15,18-23,26,29,37-38H,7,16-17,24-25,27-28H2,1-6H3/t37?,38-/m0/s1. The van der Waals surface area contributed by atoms with E-state index in [0.29, 0.717) is 55.8 Å². The van der Waals surface area contributed by atoms with Gasteiger partial charge in [0.05, 0.1) is 28.9 Å². The second kappa shape index (κ2) is 15.0. The van der Waals surface area contributed by atoms with Crippen molar-refractivity contribution in [3.63, 3.8) is 0 Å². The molecular formula is C42H50N6O3. The van der Waals surface area contributed by atoms with Crippen molar-refractivity contribution >= 4 is 23.4 Å². The predicted molar refractivity (Wildman–Crippen MR) is 201 cm³/mol. The van der Waals surface area contributed by atoms with Crippen LogP contribution in [0.4, 0.5) is 0 Å². The van der Waals surface area contributed by atoms with E-state index in [2.05, 4.69) is 97.4 Å². The third kappa shape index (κ3) is 7.34. The summed E-state index contributed by atoms with van der Waals surface area (Å²) in [5, 5.41) is 4.65. The summed E-state index contributed by atoms with van der Waals surface area (Å²) in [5.74, 6) is -0.605. The monoisotopic (exact) mass is 686 g/mol. The molecule has 0 bridgehead atoms. The number of imide groups is 1. The van der Waals surface area contributed by atoms with Gasteiger partial charge < -0.3 is 14.7 Å². The number of likely N-dealkylation sites (N-methyl/N-ethyl adjacent to an activating group) is 1. The van der Waals surface area contributed by atoms with Gasteiger partial charge in [0.1, 0.15) is 0 Å². The quantitative estimate of drug-likeness (QED) is 0.113. The number of aryl methyl sites for hydroxylation is 2. The Bertz CT molecular complexity index is 1850. The Kier molecular flexibility index (Phi) is 10.5. The number of benzene rings is 3. The molecule has 3 aromatic carbocycles. The highest BCUT2D eigenvalue weighted by molar-refractivity contribution is 6.21. The fourth-order valence-electron chi connectivity index (χ4n) is 7.51. The zero-order chi connectivity index (χ0) is 36.3. The topological polar surface area (TPSA) is 82.0 Å². The second-order valence-corrected chi connectivity index (χ2v) is 14.6. The summed E-state index contributed by atoms with van der Waals surface area (Å²) < 4.78 is 1.75. The molecule has 0 spiro atoms. The molecule has 0 N–H and O–H groups in total. The van der Waals surface area contributed by atoms with Gasteiger partial charge in [-0.15, -0.1) is 0 Å². The van der Waals surface area contributed by atoms with Crippen LogP contribution in [-0.4, -0.2) is 85.9 Å². The second-order valence-electron chi connectivity index (χ2n) is 14.6. The van der Waals surface area contributed by atoms with Crippen LogP contribution in [0.15, 0.2) is 97.2 Å². The van der Waals surface area contributed by atoms with Crippen LogP contribution in [0, 0.1) is 12.3 Å². The summed E-state index contributed by atoms with van der Waals surface area (Å²) in [4.78, 5) is 49.1. The summed E-state index contributed by atoms with van der Waals surface area (Å²) in [5.41, 5.74) is 5.45. The van der Waals surface area contributed by atoms with Crippen LogP contribution < -0.4 is 0 Å². The molecule has 3 heterocycles. The third-order valence-corrected chi connectivity index (χ3v) is 10.8. The summed E-state index contributed by atoms with van der Waals surface area (Å²) in [6.07, 6.45) is 4.32. The fraction of sp³-hybridized carbons (Fsp3) is 0.381. The van der Waals surface area contributed by atoms with Gasteiger partial charge in [-0.2, -0.15) is 5.10 Å². The number of amides is 3. The maximum absolute atomic E-state index is 14.8. The highest BCUT2D eigenvalue weighted by Crippen LogP contribution is 2.38. The first-order chi connectivity index (χ1) is 24.5. The molecule has 9 nitrogen and oxygen atoms in total. The number of hydrogen-bond acceptors (Lipinski definition) is 6. The van der Waals surface area contributed by atoms with Crippen molar-refractivity contribution in [2.24, 2.45) is 12.5 Å². The molecule has 2 aliphatic rings. The summed E-state index contributed by atoms with van der Waals surface area (Å²) >= 11 is 0. The number of unbranched alkanes of at least 4 members (excludes halogenated alkanes) is 1. The van der Waals surface area contributed by atoms with Gasteiger partial charge in [-0.05, 0) is 60.9 Å². The molecular weight excluding hydrogens is 637 g/mol. The lowest BCUT2D eigenvalue weighted by Gasteiger charge is -2.52. The molecule has 0 saturated carbocycles. The first-order valence-electron chi connectivity index (χ1n) is 18.0. The van der Waals surface area contributed by atoms with Crippen LogP contribution in [0.2, 0.25) is 0 Å². The van der Waals surface area contributed by atoms with E-state index in [1.165, 1.54) is 10.5 Å². The average Bonchev–Trinajstić information content (AvgIpc) is 3.60. The van der Waals surface area contributed by atoms with Crippen LogP contribution in [0.3, 0.4) is 0 Å². The summed E-state index contributed by atoms with van der Waals surface area (Å²) in [7, 11) is 4.00. The van der Waals surface area contributed by atoms with Gasteiger partial charge in [-0.3, -0.25) is 24.0 Å². The molecule has 2 atom stereocenters. The number of hydrogen-bond donors (Lipinski definition) is 0. The lowest BCUT2D eigenvalue weighted by atomic mass is 9.75. The molecule has 0 aliphatic carbocycles. The van der Waals surface area contributed by atoms with Gasteiger partial charge >= 0.3 is 0 Å². The molecule has 3 amide bonds. The lowest BCUT2D eigenvalue weighted by Crippen LogP contribution is -2.62. The molecule has 4 aromatic rings. The third-order valence-electron chi connectivity index (χ3n) is 10.8. The molecule has 1 aromatic heterocycles. The fourth-order valence-corrected chi connectivity index (χ4v) is 7.51. The summed E-state index contributed by atoms with van der Waals surface area (Å²) in [6, 6.07) is 29.6. The smallest absolute Gasteiger partial charge is 0.274 e. The molecule has 9 heteroatoms. The molecule has 0 saturated heterocycles. The average molecular weight is 687 g/mol. The molecule has 0 fully saturated rings. The van der Waals surface area contributed by atoms with Crippen LogP contribution >= 0.6 is 0 Å². The van der Waals surface area contributed by atoms with Crippen LogP contribution in [-0.2, 0) is 13.6 Å². The minimum atomic E-state index is -0.277. The predicted octanol–water partition coefficient (Wildman–Crippen LogP) is 6.87. The van der Waals surface area contributed by atoms with Crippen molar-refractivity contribution < 1.29 is 14.4 Å². The highest BCUT2D eigenvalue weighted by Gasteiger charge is 2.45. The van der Waals surface area contributed by atoms with E-state index in [-0.39, 0.29) is 35.2 Å². The molecule has 0 radical (unpaired) electrons. The number of carbonyl (C=O) groups excluding carboxylic acids is 3. The number of carbonyl (C=O) groups is 3. The molecule has 266 valence electrons. The molecule has 6 rings (SSSR count). The van der Waals surface area contributed by atoms with Gasteiger partial charge in [0.25, 0.3) is 17.7 Å². The normalized spacial score (nSPS) is 16.7. The Morgan fingerprint density at radius 1 is 0.902 bits per heavy atom. The zero-order valence-corrected chi connectivity index (χ0v) is 30.8. The van der Waals surface area contributed by atoms with Crippen LogP contribution in [0.25, 0.3) is 5.70 Å². The first-order valence-corrected chi connectivity index (χ1v) is 18.0. The Morgan fingerprint density at radius 2 is 1.51 bits per heavy atom. The Morgan fingerprint density at radius 3 is 2.10 bits per heavy atom. The molecule has 51 heavy (non-hydrogen) atoms. The van der Waals surface area contributed by atoms with Gasteiger partial charge in [0, 0.05) is 52.2 Å². The largest absolute Gasteiger partial charge is 0.371 e. The maximum atomic E-state index is 14.8. The van der Waals surface area contributed by atoms with E-state index in [0.717, 1.165) is 23.4 Å². The first kappa shape index (κ1) is 35.6. The maximum Gasteiger partial charge on any atom is 0.274 e. The number of nitrogens with zero attached hydrogens (tertiary/aromatic N) is 6. The Balaban J connectivity index is 1.35. The van der Waals surface area contributed by atoms with E-state index in [4.69, 9.17) is 0 Å². The summed E-state index contributed by atoms with van der Waals surface area (Å²) in [6.45, 7) is 10.8. The Labute approximate surface area is 302 Å². The van der Waals surface area contributed by atoms with Gasteiger partial charge in [-0.1, -0.05) is 93.6 Å². The van der Waals surface area contributed by atoms with Crippen molar-refractivity contribution in [1.29, 1.82) is 0 Å². The van der Waals surface area contributed by atoms with E-state index in [1.807, 2.05) is 37.1 Å². The van der Waals surface area contributed by atoms with Crippen molar-refractivity contribution in [2.75, 3.05) is 26.7 Å². The van der Waals surface area contributed by atoms with E-state index in [1.54, 1.807) is 28.9 Å². The lowest BCUT2D eigenvalue weighted by molar-refractivity contribution is 0.00666. The number of aromatic nitrogens is 2. The van der Waals surface area contributed by atoms with E-state index < -0.39 is 0 Å². The van der Waals surface area contributed by atoms with Crippen molar-refractivity contribution in [3.05, 3.63) is 131 Å². The van der Waals surface area contributed by atoms with Crippen molar-refractivity contribution in [2.45, 2.75) is 65.6 Å². The minimum Gasteiger partial charge on any atom is -0.371 e. The molecule has 2 aliphatic heterocycles. The van der Waals surface area contributed by atoms with E-state index in [9.17, 15) is 14.4 Å². The SMILES string of the molecule is CCC(C)(C)[C@H](C1CN(C)C(c2ccccc2)=CN1Cc1ccccc1)N(CCCCN1C(=O)c2ccccc2C1=O)C(=O)c1cc(C)n(C)n1. The van der Waals surface area contributed by atoms with Crippen molar-refractivity contribution in [3.8, 4) is 0 Å². The van der Waals surface area contributed by atoms with Gasteiger partial charge in [-0.25, -0.2) is 0 Å².